The number of anilines is 1. The number of allylic oxidation sites excluding steroid dienone is 2. The SMILES string of the molecule is CC1=NN(c2ccccc2)C(=O)/C1=C(\C=C\c1cccc([N+](=O)[O-])c1)c1ccc(Br)cc1. The van der Waals surface area contributed by atoms with Gasteiger partial charge in [-0.3, -0.25) is 14.9 Å². The van der Waals surface area contributed by atoms with Gasteiger partial charge in [0.2, 0.25) is 0 Å². The zero-order chi connectivity index (χ0) is 22.7. The van der Waals surface area contributed by atoms with Gasteiger partial charge in [-0.05, 0) is 47.9 Å². The van der Waals surface area contributed by atoms with E-state index in [-0.39, 0.29) is 11.6 Å². The second kappa shape index (κ2) is 9.11. The number of non-ortho nitro benzene ring substituents is 1. The smallest absolute Gasteiger partial charge is 0.267 e. The van der Waals surface area contributed by atoms with Crippen LogP contribution in [-0.2, 0) is 4.79 Å². The summed E-state index contributed by atoms with van der Waals surface area (Å²) in [7, 11) is 0. The third kappa shape index (κ3) is 4.43. The van der Waals surface area contributed by atoms with Gasteiger partial charge in [0.15, 0.2) is 0 Å². The molecule has 1 amide bonds. The number of rotatable bonds is 5. The molecule has 3 aromatic rings. The van der Waals surface area contributed by atoms with Crippen LogP contribution < -0.4 is 5.01 Å². The zero-order valence-corrected chi connectivity index (χ0v) is 18.7. The highest BCUT2D eigenvalue weighted by molar-refractivity contribution is 9.10. The Morgan fingerprint density at radius 3 is 2.44 bits per heavy atom. The second-order valence-electron chi connectivity index (χ2n) is 7.12. The van der Waals surface area contributed by atoms with Crippen molar-refractivity contribution in [3.05, 3.63) is 116 Å². The molecule has 6 nitrogen and oxygen atoms in total. The molecule has 4 rings (SSSR count). The van der Waals surface area contributed by atoms with Gasteiger partial charge in [-0.1, -0.05) is 70.5 Å². The number of hydrogen-bond acceptors (Lipinski definition) is 4. The van der Waals surface area contributed by atoms with Crippen molar-refractivity contribution >= 4 is 50.6 Å². The maximum atomic E-state index is 13.4. The van der Waals surface area contributed by atoms with Crippen LogP contribution in [0.5, 0.6) is 0 Å². The van der Waals surface area contributed by atoms with E-state index in [0.717, 1.165) is 10.0 Å². The van der Waals surface area contributed by atoms with Gasteiger partial charge >= 0.3 is 0 Å². The molecule has 1 heterocycles. The molecule has 0 bridgehead atoms. The summed E-state index contributed by atoms with van der Waals surface area (Å²) in [6, 6.07) is 23.2. The van der Waals surface area contributed by atoms with Crippen molar-refractivity contribution < 1.29 is 9.72 Å². The summed E-state index contributed by atoms with van der Waals surface area (Å²) in [5, 5.41) is 17.0. The van der Waals surface area contributed by atoms with Crippen molar-refractivity contribution in [2.24, 2.45) is 5.10 Å². The number of nitro groups is 1. The number of carbonyl (C=O) groups is 1. The topological polar surface area (TPSA) is 75.8 Å². The molecule has 0 fully saturated rings. The van der Waals surface area contributed by atoms with E-state index in [9.17, 15) is 14.9 Å². The minimum absolute atomic E-state index is 0.00920. The number of amides is 1. The number of benzene rings is 3. The molecule has 0 aliphatic carbocycles. The fourth-order valence-corrected chi connectivity index (χ4v) is 3.70. The lowest BCUT2D eigenvalue weighted by Gasteiger charge is -2.13. The number of nitro benzene ring substituents is 1. The van der Waals surface area contributed by atoms with Gasteiger partial charge in [0.1, 0.15) is 0 Å². The van der Waals surface area contributed by atoms with E-state index in [1.54, 1.807) is 25.1 Å². The molecule has 0 atom stereocenters. The predicted octanol–water partition coefficient (Wildman–Crippen LogP) is 6.25. The van der Waals surface area contributed by atoms with E-state index in [1.165, 1.54) is 17.1 Å². The summed E-state index contributed by atoms with van der Waals surface area (Å²) < 4.78 is 0.919. The Morgan fingerprint density at radius 1 is 1.03 bits per heavy atom. The van der Waals surface area contributed by atoms with Crippen molar-refractivity contribution in [3.8, 4) is 0 Å². The van der Waals surface area contributed by atoms with Crippen LogP contribution in [0.15, 0.2) is 100 Å². The fourth-order valence-electron chi connectivity index (χ4n) is 3.44. The molecule has 0 N–H and O–H groups in total. The third-order valence-corrected chi connectivity index (χ3v) is 5.50. The summed E-state index contributed by atoms with van der Waals surface area (Å²) in [4.78, 5) is 24.1. The van der Waals surface area contributed by atoms with E-state index in [1.807, 2.05) is 60.7 Å². The second-order valence-corrected chi connectivity index (χ2v) is 8.03. The van der Waals surface area contributed by atoms with Crippen LogP contribution in [0.4, 0.5) is 11.4 Å². The highest BCUT2D eigenvalue weighted by Gasteiger charge is 2.31. The van der Waals surface area contributed by atoms with E-state index in [2.05, 4.69) is 21.0 Å². The van der Waals surface area contributed by atoms with Crippen molar-refractivity contribution in [3.63, 3.8) is 0 Å². The molecule has 7 heteroatoms. The quantitative estimate of drug-likeness (QED) is 0.242. The van der Waals surface area contributed by atoms with E-state index in [0.29, 0.717) is 28.1 Å². The standard InChI is InChI=1S/C25H18BrN3O3/c1-17-24(25(30)28(27-17)21-7-3-2-4-8-21)23(19-11-13-20(26)14-12-19)15-10-18-6-5-9-22(16-18)29(31)32/h2-16H,1H3/b15-10+,24-23+. The van der Waals surface area contributed by atoms with E-state index >= 15 is 0 Å². The molecule has 158 valence electrons. The third-order valence-electron chi connectivity index (χ3n) is 4.97. The summed E-state index contributed by atoms with van der Waals surface area (Å²) >= 11 is 3.44. The van der Waals surface area contributed by atoms with Gasteiger partial charge < -0.3 is 0 Å². The molecular weight excluding hydrogens is 470 g/mol. The monoisotopic (exact) mass is 487 g/mol. The fraction of sp³-hybridized carbons (Fsp3) is 0.0400. The lowest BCUT2D eigenvalue weighted by atomic mass is 9.96. The Morgan fingerprint density at radius 2 is 1.75 bits per heavy atom. The van der Waals surface area contributed by atoms with Crippen LogP contribution in [0.1, 0.15) is 18.1 Å². The van der Waals surface area contributed by atoms with Crippen LogP contribution >= 0.6 is 15.9 Å². The van der Waals surface area contributed by atoms with Crippen molar-refractivity contribution in [1.29, 1.82) is 0 Å². The zero-order valence-electron chi connectivity index (χ0n) is 17.1. The van der Waals surface area contributed by atoms with E-state index in [4.69, 9.17) is 0 Å². The first-order valence-electron chi connectivity index (χ1n) is 9.82. The van der Waals surface area contributed by atoms with Gasteiger partial charge in [-0.15, -0.1) is 0 Å². The lowest BCUT2D eigenvalue weighted by molar-refractivity contribution is -0.384. The molecular formula is C25H18BrN3O3. The van der Waals surface area contributed by atoms with Gasteiger partial charge in [0.05, 0.1) is 21.9 Å². The Hall–Kier alpha value is -3.84. The normalized spacial score (nSPS) is 15.2. The number of para-hydroxylation sites is 1. The van der Waals surface area contributed by atoms with E-state index < -0.39 is 4.92 Å². The minimum atomic E-state index is -0.430. The highest BCUT2D eigenvalue weighted by atomic mass is 79.9. The number of hydrazone groups is 1. The number of carbonyl (C=O) groups excluding carboxylic acids is 1. The first-order chi connectivity index (χ1) is 15.4. The summed E-state index contributed by atoms with van der Waals surface area (Å²) in [6.07, 6.45) is 3.58. The highest BCUT2D eigenvalue weighted by Crippen LogP contribution is 2.31. The molecule has 1 aliphatic rings. The average Bonchev–Trinajstić information content (AvgIpc) is 3.10. The van der Waals surface area contributed by atoms with Crippen molar-refractivity contribution in [1.82, 2.24) is 0 Å². The minimum Gasteiger partial charge on any atom is -0.267 e. The Balaban J connectivity index is 1.81. The van der Waals surface area contributed by atoms with Gasteiger partial charge in [0.25, 0.3) is 11.6 Å². The molecule has 0 spiro atoms. The Labute approximate surface area is 193 Å². The maximum absolute atomic E-state index is 13.4. The molecule has 0 unspecified atom stereocenters. The van der Waals surface area contributed by atoms with Crippen LogP contribution in [0.2, 0.25) is 0 Å². The molecule has 0 saturated heterocycles. The molecule has 0 saturated carbocycles. The predicted molar refractivity (Wildman–Crippen MR) is 130 cm³/mol. The molecule has 0 aromatic heterocycles. The van der Waals surface area contributed by atoms with Gasteiger partial charge in [0, 0.05) is 16.6 Å². The molecule has 32 heavy (non-hydrogen) atoms. The molecule has 3 aromatic carbocycles. The Kier molecular flexibility index (Phi) is 6.09. The summed E-state index contributed by atoms with van der Waals surface area (Å²) in [5.41, 5.74) is 3.96. The largest absolute Gasteiger partial charge is 0.281 e. The van der Waals surface area contributed by atoms with Crippen LogP contribution in [0.25, 0.3) is 11.6 Å². The first-order valence-corrected chi connectivity index (χ1v) is 10.6. The average molecular weight is 488 g/mol. The van der Waals surface area contributed by atoms with Gasteiger partial charge in [-0.2, -0.15) is 10.1 Å². The number of nitrogens with zero attached hydrogens (tertiary/aromatic N) is 3. The maximum Gasteiger partial charge on any atom is 0.281 e. The molecule has 0 radical (unpaired) electrons. The number of halogens is 1. The summed E-state index contributed by atoms with van der Waals surface area (Å²) in [5.74, 6) is -0.227. The molecule has 1 aliphatic heterocycles. The van der Waals surface area contributed by atoms with Crippen LogP contribution in [0.3, 0.4) is 0 Å². The van der Waals surface area contributed by atoms with Crippen molar-refractivity contribution in [2.75, 3.05) is 5.01 Å². The lowest BCUT2D eigenvalue weighted by Crippen LogP contribution is -2.21. The summed E-state index contributed by atoms with van der Waals surface area (Å²) in [6.45, 7) is 1.80. The van der Waals surface area contributed by atoms with Crippen LogP contribution in [-0.4, -0.2) is 16.5 Å². The Bertz CT molecular complexity index is 1280. The van der Waals surface area contributed by atoms with Crippen LogP contribution in [0, 0.1) is 10.1 Å². The van der Waals surface area contributed by atoms with Gasteiger partial charge in [-0.25, -0.2) is 0 Å². The number of hydrogen-bond donors (Lipinski definition) is 0. The van der Waals surface area contributed by atoms with Crippen molar-refractivity contribution in [2.45, 2.75) is 6.92 Å². The first kappa shape index (κ1) is 21.4.